The van der Waals surface area contributed by atoms with Crippen LogP contribution in [0, 0.1) is 0 Å². The number of aryl methyl sites for hydroxylation is 1. The maximum Gasteiger partial charge on any atom is 0.417 e. The summed E-state index contributed by atoms with van der Waals surface area (Å²) in [5.41, 5.74) is 3.11. The van der Waals surface area contributed by atoms with Crippen molar-refractivity contribution < 1.29 is 9.21 Å². The minimum absolute atomic E-state index is 0.473. The molecule has 3 aromatic rings. The first-order valence-electron chi connectivity index (χ1n) is 5.87. The molecule has 0 saturated carbocycles. The van der Waals surface area contributed by atoms with E-state index >= 15 is 0 Å². The van der Waals surface area contributed by atoms with Crippen molar-refractivity contribution in [2.75, 3.05) is 0 Å². The van der Waals surface area contributed by atoms with E-state index in [1.165, 1.54) is 0 Å². The molecule has 0 unspecified atom stereocenters. The fraction of sp³-hybridized carbons (Fsp3) is 0.154. The van der Waals surface area contributed by atoms with Crippen LogP contribution < -0.4 is 5.76 Å². The standard InChI is InChI=1S/C13H11N3O3/c1-2-16-9(7-17)6-11(15-16)8-3-4-10-12(5-8)19-13(18)14-10/h3-7H,2H2,1H3,(H,14,18). The minimum Gasteiger partial charge on any atom is -0.408 e. The van der Waals surface area contributed by atoms with Gasteiger partial charge in [-0.3, -0.25) is 14.5 Å². The normalized spacial score (nSPS) is 11.0. The maximum absolute atomic E-state index is 11.1. The van der Waals surface area contributed by atoms with Crippen LogP contribution in [0.15, 0.2) is 33.5 Å². The summed E-state index contributed by atoms with van der Waals surface area (Å²) in [6, 6.07) is 7.01. The van der Waals surface area contributed by atoms with Crippen LogP contribution in [0.5, 0.6) is 0 Å². The molecule has 0 spiro atoms. The van der Waals surface area contributed by atoms with E-state index in [0.717, 1.165) is 11.8 Å². The zero-order valence-corrected chi connectivity index (χ0v) is 10.2. The van der Waals surface area contributed by atoms with Crippen molar-refractivity contribution in [3.05, 3.63) is 40.5 Å². The Hall–Kier alpha value is -2.63. The fourth-order valence-corrected chi connectivity index (χ4v) is 2.03. The zero-order chi connectivity index (χ0) is 13.4. The molecule has 19 heavy (non-hydrogen) atoms. The Morgan fingerprint density at radius 3 is 2.95 bits per heavy atom. The van der Waals surface area contributed by atoms with E-state index in [1.54, 1.807) is 22.9 Å². The van der Waals surface area contributed by atoms with Crippen molar-refractivity contribution in [2.24, 2.45) is 0 Å². The number of aromatic nitrogens is 3. The molecule has 0 bridgehead atoms. The van der Waals surface area contributed by atoms with Gasteiger partial charge in [0.1, 0.15) is 5.69 Å². The van der Waals surface area contributed by atoms with Gasteiger partial charge in [0, 0.05) is 12.1 Å². The molecule has 0 radical (unpaired) electrons. The summed E-state index contributed by atoms with van der Waals surface area (Å²) in [5, 5.41) is 4.34. The number of nitrogens with zero attached hydrogens (tertiary/aromatic N) is 2. The number of rotatable bonds is 3. The molecule has 6 nitrogen and oxygen atoms in total. The number of oxazole rings is 1. The van der Waals surface area contributed by atoms with Crippen LogP contribution >= 0.6 is 0 Å². The van der Waals surface area contributed by atoms with Crippen LogP contribution in [-0.4, -0.2) is 21.1 Å². The lowest BCUT2D eigenvalue weighted by Crippen LogP contribution is -2.00. The summed E-state index contributed by atoms with van der Waals surface area (Å²) in [4.78, 5) is 24.6. The van der Waals surface area contributed by atoms with Gasteiger partial charge in [-0.15, -0.1) is 0 Å². The number of aromatic amines is 1. The monoisotopic (exact) mass is 257 g/mol. The van der Waals surface area contributed by atoms with Gasteiger partial charge in [0.15, 0.2) is 11.9 Å². The molecule has 0 aliphatic heterocycles. The number of carbonyl (C=O) groups excluding carboxylic acids is 1. The second-order valence-corrected chi connectivity index (χ2v) is 4.11. The van der Waals surface area contributed by atoms with Crippen molar-refractivity contribution in [2.45, 2.75) is 13.5 Å². The zero-order valence-electron chi connectivity index (χ0n) is 10.2. The molecule has 0 amide bonds. The molecule has 0 aliphatic carbocycles. The topological polar surface area (TPSA) is 80.9 Å². The van der Waals surface area contributed by atoms with Gasteiger partial charge >= 0.3 is 5.76 Å². The van der Waals surface area contributed by atoms with Crippen molar-refractivity contribution in [3.8, 4) is 11.3 Å². The van der Waals surface area contributed by atoms with Gasteiger partial charge in [-0.25, -0.2) is 4.79 Å². The Balaban J connectivity index is 2.15. The molecule has 0 aliphatic rings. The number of H-pyrrole nitrogens is 1. The molecular weight excluding hydrogens is 246 g/mol. The highest BCUT2D eigenvalue weighted by Gasteiger charge is 2.10. The maximum atomic E-state index is 11.1. The summed E-state index contributed by atoms with van der Waals surface area (Å²) in [5.74, 6) is -0.486. The molecular formula is C13H11N3O3. The predicted octanol–water partition coefficient (Wildman–Crippen LogP) is 1.82. The summed E-state index contributed by atoms with van der Waals surface area (Å²) in [6.07, 6.45) is 0.773. The Kier molecular flexibility index (Phi) is 2.56. The van der Waals surface area contributed by atoms with Gasteiger partial charge in [-0.05, 0) is 25.1 Å². The van der Waals surface area contributed by atoms with E-state index in [0.29, 0.717) is 29.0 Å². The number of aldehydes is 1. The van der Waals surface area contributed by atoms with Gasteiger partial charge in [0.05, 0.1) is 11.2 Å². The molecule has 96 valence electrons. The first-order valence-corrected chi connectivity index (χ1v) is 5.87. The van der Waals surface area contributed by atoms with Gasteiger partial charge in [0.25, 0.3) is 0 Å². The largest absolute Gasteiger partial charge is 0.417 e. The summed E-state index contributed by atoms with van der Waals surface area (Å²) >= 11 is 0. The lowest BCUT2D eigenvalue weighted by molar-refractivity contribution is 0.111. The van der Waals surface area contributed by atoms with E-state index in [9.17, 15) is 9.59 Å². The van der Waals surface area contributed by atoms with E-state index in [-0.39, 0.29) is 0 Å². The highest BCUT2D eigenvalue weighted by atomic mass is 16.4. The van der Waals surface area contributed by atoms with Crippen molar-refractivity contribution in [3.63, 3.8) is 0 Å². The van der Waals surface area contributed by atoms with E-state index in [2.05, 4.69) is 10.1 Å². The molecule has 3 rings (SSSR count). The molecule has 0 atom stereocenters. The third-order valence-corrected chi connectivity index (χ3v) is 2.95. The first kappa shape index (κ1) is 11.5. The van der Waals surface area contributed by atoms with Crippen LogP contribution in [0.4, 0.5) is 0 Å². The van der Waals surface area contributed by atoms with Crippen LogP contribution in [0.3, 0.4) is 0 Å². The predicted molar refractivity (Wildman–Crippen MR) is 69.1 cm³/mol. The van der Waals surface area contributed by atoms with Crippen LogP contribution in [-0.2, 0) is 6.54 Å². The van der Waals surface area contributed by atoms with Gasteiger partial charge in [-0.1, -0.05) is 6.07 Å². The number of hydrogen-bond donors (Lipinski definition) is 1. The Bertz CT molecular complexity index is 810. The first-order chi connectivity index (χ1) is 9.21. The molecule has 2 heterocycles. The van der Waals surface area contributed by atoms with Crippen molar-refractivity contribution >= 4 is 17.4 Å². The summed E-state index contributed by atoms with van der Waals surface area (Å²) < 4.78 is 6.63. The van der Waals surface area contributed by atoms with Crippen LogP contribution in [0.2, 0.25) is 0 Å². The SMILES string of the molecule is CCn1nc(-c2ccc3[nH]c(=O)oc3c2)cc1C=O. The number of fused-ring (bicyclic) bond motifs is 1. The van der Waals surface area contributed by atoms with E-state index in [4.69, 9.17) is 4.42 Å². The lowest BCUT2D eigenvalue weighted by Gasteiger charge is -1.97. The third-order valence-electron chi connectivity index (χ3n) is 2.95. The molecule has 0 saturated heterocycles. The average molecular weight is 257 g/mol. The Morgan fingerprint density at radius 2 is 2.26 bits per heavy atom. The van der Waals surface area contributed by atoms with Gasteiger partial charge in [-0.2, -0.15) is 5.10 Å². The van der Waals surface area contributed by atoms with Gasteiger partial charge < -0.3 is 4.42 Å². The smallest absolute Gasteiger partial charge is 0.408 e. The minimum atomic E-state index is -0.486. The van der Waals surface area contributed by atoms with E-state index in [1.807, 2.05) is 13.0 Å². The quantitative estimate of drug-likeness (QED) is 0.725. The van der Waals surface area contributed by atoms with Gasteiger partial charge in [0.2, 0.25) is 0 Å². The summed E-state index contributed by atoms with van der Waals surface area (Å²) in [7, 11) is 0. The summed E-state index contributed by atoms with van der Waals surface area (Å²) in [6.45, 7) is 2.54. The number of hydrogen-bond acceptors (Lipinski definition) is 4. The highest BCUT2D eigenvalue weighted by Crippen LogP contribution is 2.22. The second-order valence-electron chi connectivity index (χ2n) is 4.11. The Labute approximate surface area is 107 Å². The van der Waals surface area contributed by atoms with Crippen molar-refractivity contribution in [1.29, 1.82) is 0 Å². The van der Waals surface area contributed by atoms with E-state index < -0.39 is 5.76 Å². The number of nitrogens with one attached hydrogen (secondary N) is 1. The molecule has 6 heteroatoms. The molecule has 2 aromatic heterocycles. The van der Waals surface area contributed by atoms with Crippen molar-refractivity contribution in [1.82, 2.24) is 14.8 Å². The van der Waals surface area contributed by atoms with Crippen LogP contribution in [0.1, 0.15) is 17.4 Å². The number of benzene rings is 1. The molecule has 1 aromatic carbocycles. The molecule has 0 fully saturated rings. The fourth-order valence-electron chi connectivity index (χ4n) is 2.03. The molecule has 1 N–H and O–H groups in total. The Morgan fingerprint density at radius 1 is 1.42 bits per heavy atom. The highest BCUT2D eigenvalue weighted by molar-refractivity contribution is 5.81. The average Bonchev–Trinajstić information content (AvgIpc) is 2.98. The third kappa shape index (κ3) is 1.87. The lowest BCUT2D eigenvalue weighted by atomic mass is 10.1. The van der Waals surface area contributed by atoms with Crippen LogP contribution in [0.25, 0.3) is 22.4 Å². The second kappa shape index (κ2) is 4.24. The number of carbonyl (C=O) groups is 1.